The second-order valence-corrected chi connectivity index (χ2v) is 4.37. The lowest BCUT2D eigenvalue weighted by Crippen LogP contribution is -2.05. The van der Waals surface area contributed by atoms with Gasteiger partial charge in [-0.25, -0.2) is 4.39 Å². The molecule has 1 aromatic heterocycles. The van der Waals surface area contributed by atoms with E-state index >= 15 is 0 Å². The number of rotatable bonds is 2. The van der Waals surface area contributed by atoms with E-state index < -0.39 is 11.6 Å². The number of pyridine rings is 1. The molecule has 2 rings (SSSR count). The third-order valence-corrected chi connectivity index (χ3v) is 2.66. The molecule has 2 N–H and O–H groups in total. The molecule has 1 heterocycles. The lowest BCUT2D eigenvalue weighted by Gasteiger charge is -2.04. The van der Waals surface area contributed by atoms with Gasteiger partial charge in [-0.3, -0.25) is 9.78 Å². The summed E-state index contributed by atoms with van der Waals surface area (Å²) in [6.07, 6.45) is 2.38. The van der Waals surface area contributed by atoms with Crippen LogP contribution in [0.5, 0.6) is 0 Å². The minimum absolute atomic E-state index is 0.0162. The number of nitrogen functional groups attached to an aromatic ring is 1. The van der Waals surface area contributed by atoms with Crippen LogP contribution in [0.4, 0.5) is 10.1 Å². The van der Waals surface area contributed by atoms with Gasteiger partial charge in [0.1, 0.15) is 0 Å². The number of carbonyl (C=O) groups excluding carboxylic acids is 1. The summed E-state index contributed by atoms with van der Waals surface area (Å²) in [5, 5.41) is 0. The molecule has 0 atom stereocenters. The average molecular weight is 295 g/mol. The van der Waals surface area contributed by atoms with Gasteiger partial charge >= 0.3 is 0 Å². The van der Waals surface area contributed by atoms with E-state index in [-0.39, 0.29) is 5.56 Å². The van der Waals surface area contributed by atoms with Gasteiger partial charge in [-0.15, -0.1) is 0 Å². The van der Waals surface area contributed by atoms with Crippen molar-refractivity contribution in [2.75, 3.05) is 5.73 Å². The number of hydrogen-bond donors (Lipinski definition) is 1. The summed E-state index contributed by atoms with van der Waals surface area (Å²) < 4.78 is 14.1. The predicted octanol–water partition coefficient (Wildman–Crippen LogP) is 2.80. The Morgan fingerprint density at radius 1 is 1.35 bits per heavy atom. The first-order chi connectivity index (χ1) is 8.08. The average Bonchev–Trinajstić information content (AvgIpc) is 2.27. The van der Waals surface area contributed by atoms with Gasteiger partial charge < -0.3 is 5.73 Å². The number of aromatic nitrogens is 1. The minimum Gasteiger partial charge on any atom is -0.399 e. The molecule has 3 nitrogen and oxygen atoms in total. The first-order valence-corrected chi connectivity index (χ1v) is 5.57. The van der Waals surface area contributed by atoms with Gasteiger partial charge in [0, 0.05) is 21.9 Å². The molecule has 0 saturated carbocycles. The van der Waals surface area contributed by atoms with Crippen molar-refractivity contribution in [1.29, 1.82) is 0 Å². The highest BCUT2D eigenvalue weighted by Crippen LogP contribution is 2.20. The second-order valence-electron chi connectivity index (χ2n) is 3.46. The van der Waals surface area contributed by atoms with Gasteiger partial charge in [0.15, 0.2) is 11.6 Å². The van der Waals surface area contributed by atoms with Crippen LogP contribution in [0.25, 0.3) is 0 Å². The summed E-state index contributed by atoms with van der Waals surface area (Å²) in [4.78, 5) is 15.6. The normalized spacial score (nSPS) is 10.2. The molecule has 86 valence electrons. The molecule has 0 amide bonds. The van der Waals surface area contributed by atoms with E-state index in [0.29, 0.717) is 15.7 Å². The summed E-state index contributed by atoms with van der Waals surface area (Å²) in [5.74, 6) is -1.06. The molecule has 2 aromatic rings. The van der Waals surface area contributed by atoms with E-state index in [1.807, 2.05) is 0 Å². The van der Waals surface area contributed by atoms with E-state index in [9.17, 15) is 9.18 Å². The largest absolute Gasteiger partial charge is 0.399 e. The molecule has 0 radical (unpaired) electrons. The summed E-state index contributed by atoms with van der Waals surface area (Å²) in [7, 11) is 0. The van der Waals surface area contributed by atoms with Crippen molar-refractivity contribution < 1.29 is 9.18 Å². The number of hydrogen-bond acceptors (Lipinski definition) is 3. The van der Waals surface area contributed by atoms with Gasteiger partial charge in [-0.1, -0.05) is 15.9 Å². The van der Waals surface area contributed by atoms with E-state index in [1.54, 1.807) is 12.1 Å². The number of halogens is 2. The van der Waals surface area contributed by atoms with Crippen molar-refractivity contribution in [3.63, 3.8) is 0 Å². The molecule has 17 heavy (non-hydrogen) atoms. The van der Waals surface area contributed by atoms with Crippen LogP contribution in [0.2, 0.25) is 0 Å². The molecule has 0 aliphatic heterocycles. The Hall–Kier alpha value is -1.75. The van der Waals surface area contributed by atoms with Crippen LogP contribution >= 0.6 is 15.9 Å². The monoisotopic (exact) mass is 294 g/mol. The predicted molar refractivity (Wildman–Crippen MR) is 66.2 cm³/mol. The Kier molecular flexibility index (Phi) is 3.19. The Morgan fingerprint density at radius 2 is 2.12 bits per heavy atom. The standard InChI is InChI=1S/C12H8BrFN2O/c13-8-3-7(4-9(15)5-8)12(17)10-1-2-16-6-11(10)14/h1-6H,15H2. The SMILES string of the molecule is Nc1cc(Br)cc(C(=O)c2ccncc2F)c1. The maximum absolute atomic E-state index is 13.4. The van der Waals surface area contributed by atoms with E-state index in [2.05, 4.69) is 20.9 Å². The highest BCUT2D eigenvalue weighted by atomic mass is 79.9. The third kappa shape index (κ3) is 2.50. The van der Waals surface area contributed by atoms with E-state index in [0.717, 1.165) is 6.20 Å². The highest BCUT2D eigenvalue weighted by molar-refractivity contribution is 9.10. The van der Waals surface area contributed by atoms with E-state index in [1.165, 1.54) is 18.3 Å². The summed E-state index contributed by atoms with van der Waals surface area (Å²) in [6, 6.07) is 6.11. The van der Waals surface area contributed by atoms with Crippen LogP contribution in [0.1, 0.15) is 15.9 Å². The fourth-order valence-electron chi connectivity index (χ4n) is 1.46. The molecule has 1 aromatic carbocycles. The Bertz CT molecular complexity index is 566. The Morgan fingerprint density at radius 3 is 2.76 bits per heavy atom. The van der Waals surface area contributed by atoms with E-state index in [4.69, 9.17) is 5.73 Å². The number of nitrogens with two attached hydrogens (primary N) is 1. The maximum atomic E-state index is 13.4. The number of ketones is 1. The first kappa shape index (κ1) is 11.7. The fraction of sp³-hybridized carbons (Fsp3) is 0. The third-order valence-electron chi connectivity index (χ3n) is 2.20. The zero-order valence-corrected chi connectivity index (χ0v) is 10.2. The van der Waals surface area contributed by atoms with Crippen molar-refractivity contribution in [3.8, 4) is 0 Å². The smallest absolute Gasteiger partial charge is 0.196 e. The number of nitrogens with zero attached hydrogens (tertiary/aromatic N) is 1. The Balaban J connectivity index is 2.48. The van der Waals surface area contributed by atoms with Gasteiger partial charge in [0.05, 0.1) is 11.8 Å². The molecule has 0 aliphatic carbocycles. The summed E-state index contributed by atoms with van der Waals surface area (Å²) in [6.45, 7) is 0. The van der Waals surface area contributed by atoms with Gasteiger partial charge in [-0.2, -0.15) is 0 Å². The van der Waals surface area contributed by atoms with Crippen molar-refractivity contribution in [3.05, 3.63) is 58.1 Å². The first-order valence-electron chi connectivity index (χ1n) is 4.78. The molecule has 0 spiro atoms. The Labute approximate surface area is 106 Å². The molecular formula is C12H8BrFN2O. The number of anilines is 1. The zero-order valence-electron chi connectivity index (χ0n) is 8.65. The number of benzene rings is 1. The quantitative estimate of drug-likeness (QED) is 0.684. The number of carbonyl (C=O) groups is 1. The van der Waals surface area contributed by atoms with Gasteiger partial charge in [0.2, 0.25) is 0 Å². The van der Waals surface area contributed by atoms with Crippen LogP contribution in [-0.4, -0.2) is 10.8 Å². The molecular weight excluding hydrogens is 287 g/mol. The van der Waals surface area contributed by atoms with Crippen LogP contribution in [0, 0.1) is 5.82 Å². The fourth-order valence-corrected chi connectivity index (χ4v) is 1.97. The lowest BCUT2D eigenvalue weighted by atomic mass is 10.0. The molecule has 0 fully saturated rings. The summed E-state index contributed by atoms with van der Waals surface area (Å²) in [5.41, 5.74) is 6.39. The van der Waals surface area contributed by atoms with Gasteiger partial charge in [0.25, 0.3) is 0 Å². The van der Waals surface area contributed by atoms with Crippen LogP contribution in [-0.2, 0) is 0 Å². The topological polar surface area (TPSA) is 56.0 Å². The van der Waals surface area contributed by atoms with Crippen LogP contribution < -0.4 is 5.73 Å². The minimum atomic E-state index is -0.643. The molecule has 5 heteroatoms. The lowest BCUT2D eigenvalue weighted by molar-refractivity contribution is 0.103. The highest BCUT2D eigenvalue weighted by Gasteiger charge is 2.14. The van der Waals surface area contributed by atoms with Crippen molar-refractivity contribution >= 4 is 27.4 Å². The summed E-state index contributed by atoms with van der Waals surface area (Å²) >= 11 is 3.23. The molecule has 0 saturated heterocycles. The van der Waals surface area contributed by atoms with Crippen molar-refractivity contribution in [1.82, 2.24) is 4.98 Å². The molecule has 0 unspecified atom stereocenters. The maximum Gasteiger partial charge on any atom is 0.196 e. The van der Waals surface area contributed by atoms with Crippen LogP contribution in [0.15, 0.2) is 41.1 Å². The second kappa shape index (κ2) is 4.63. The van der Waals surface area contributed by atoms with Gasteiger partial charge in [-0.05, 0) is 24.3 Å². The zero-order chi connectivity index (χ0) is 12.4. The molecule has 0 aliphatic rings. The van der Waals surface area contributed by atoms with Crippen LogP contribution in [0.3, 0.4) is 0 Å². The van der Waals surface area contributed by atoms with Crippen molar-refractivity contribution in [2.45, 2.75) is 0 Å². The molecule has 0 bridgehead atoms. The van der Waals surface area contributed by atoms with Crippen molar-refractivity contribution in [2.24, 2.45) is 0 Å².